The van der Waals surface area contributed by atoms with Crippen LogP contribution in [-0.2, 0) is 16.0 Å². The highest BCUT2D eigenvalue weighted by molar-refractivity contribution is 6.34. The summed E-state index contributed by atoms with van der Waals surface area (Å²) in [6.45, 7) is 0. The van der Waals surface area contributed by atoms with Crippen molar-refractivity contribution >= 4 is 23.5 Å². The zero-order valence-electron chi connectivity index (χ0n) is 9.72. The molecule has 1 aromatic rings. The molecule has 0 aromatic heterocycles. The Hall–Kier alpha value is -1.75. The van der Waals surface area contributed by atoms with E-state index in [4.69, 9.17) is 26.6 Å². The Balaban J connectivity index is 2.89. The van der Waals surface area contributed by atoms with Crippen molar-refractivity contribution in [1.82, 2.24) is 0 Å². The van der Waals surface area contributed by atoms with Crippen molar-refractivity contribution in [3.63, 3.8) is 0 Å². The van der Waals surface area contributed by atoms with Crippen LogP contribution in [0, 0.1) is 0 Å². The van der Waals surface area contributed by atoms with Gasteiger partial charge in [0.05, 0.1) is 13.5 Å². The van der Waals surface area contributed by atoms with E-state index in [0.29, 0.717) is 11.3 Å². The molecule has 0 aliphatic rings. The highest BCUT2D eigenvalue weighted by atomic mass is 35.5. The Morgan fingerprint density at radius 2 is 1.83 bits per heavy atom. The van der Waals surface area contributed by atoms with Gasteiger partial charge in [-0.2, -0.15) is 0 Å². The van der Waals surface area contributed by atoms with Gasteiger partial charge >= 0.3 is 11.9 Å². The fourth-order valence-corrected chi connectivity index (χ4v) is 1.79. The largest absolute Gasteiger partial charge is 0.497 e. The molecule has 98 valence electrons. The molecule has 0 bridgehead atoms. The molecule has 0 aliphatic heterocycles. The standard InChI is InChI=1S/C12H13ClO5/c1-18-9-4-2-8(3-5-9)6-12(13,11(16)17)7-10(14)15/h2-5H,6-7H2,1H3,(H,14,15)(H,16,17). The lowest BCUT2D eigenvalue weighted by atomic mass is 9.95. The van der Waals surface area contributed by atoms with E-state index in [1.54, 1.807) is 24.3 Å². The van der Waals surface area contributed by atoms with E-state index in [-0.39, 0.29) is 6.42 Å². The van der Waals surface area contributed by atoms with Crippen molar-refractivity contribution in [3.8, 4) is 5.75 Å². The first-order valence-electron chi connectivity index (χ1n) is 5.14. The van der Waals surface area contributed by atoms with E-state index < -0.39 is 23.2 Å². The van der Waals surface area contributed by atoms with Crippen LogP contribution in [0.15, 0.2) is 24.3 Å². The average molecular weight is 273 g/mol. The van der Waals surface area contributed by atoms with Crippen LogP contribution in [0.3, 0.4) is 0 Å². The van der Waals surface area contributed by atoms with Gasteiger partial charge < -0.3 is 14.9 Å². The zero-order valence-corrected chi connectivity index (χ0v) is 10.5. The summed E-state index contributed by atoms with van der Waals surface area (Å²) in [7, 11) is 1.52. The quantitative estimate of drug-likeness (QED) is 0.771. The van der Waals surface area contributed by atoms with E-state index in [1.807, 2.05) is 0 Å². The van der Waals surface area contributed by atoms with Crippen LogP contribution in [0.2, 0.25) is 0 Å². The molecule has 0 amide bonds. The fourth-order valence-electron chi connectivity index (χ4n) is 1.52. The molecule has 0 fully saturated rings. The van der Waals surface area contributed by atoms with Crippen LogP contribution in [0.1, 0.15) is 12.0 Å². The number of benzene rings is 1. The maximum atomic E-state index is 11.1. The van der Waals surface area contributed by atoms with Gasteiger partial charge in [-0.25, -0.2) is 0 Å². The molecule has 1 aromatic carbocycles. The second kappa shape index (κ2) is 5.73. The predicted molar refractivity (Wildman–Crippen MR) is 65.2 cm³/mol. The van der Waals surface area contributed by atoms with Gasteiger partial charge in [0.1, 0.15) is 5.75 Å². The molecule has 6 heteroatoms. The number of methoxy groups -OCH3 is 1. The highest BCUT2D eigenvalue weighted by Crippen LogP contribution is 2.26. The van der Waals surface area contributed by atoms with Crippen molar-refractivity contribution in [1.29, 1.82) is 0 Å². The maximum absolute atomic E-state index is 11.1. The minimum atomic E-state index is -1.83. The molecular formula is C12H13ClO5. The lowest BCUT2D eigenvalue weighted by molar-refractivity contribution is -0.146. The van der Waals surface area contributed by atoms with Gasteiger partial charge in [0.15, 0.2) is 4.87 Å². The number of carbonyl (C=O) groups is 2. The first-order chi connectivity index (χ1) is 8.37. The van der Waals surface area contributed by atoms with Crippen molar-refractivity contribution in [2.24, 2.45) is 0 Å². The van der Waals surface area contributed by atoms with Crippen molar-refractivity contribution in [3.05, 3.63) is 29.8 Å². The monoisotopic (exact) mass is 272 g/mol. The summed E-state index contributed by atoms with van der Waals surface area (Å²) in [5.41, 5.74) is 0.634. The van der Waals surface area contributed by atoms with Gasteiger partial charge in [0.2, 0.25) is 0 Å². The summed E-state index contributed by atoms with van der Waals surface area (Å²) in [6, 6.07) is 6.63. The molecule has 1 rings (SSSR count). The van der Waals surface area contributed by atoms with Crippen LogP contribution in [0.4, 0.5) is 0 Å². The maximum Gasteiger partial charge on any atom is 0.325 e. The molecule has 1 atom stereocenters. The van der Waals surface area contributed by atoms with E-state index in [0.717, 1.165) is 0 Å². The van der Waals surface area contributed by atoms with Crippen LogP contribution < -0.4 is 4.74 Å². The molecular weight excluding hydrogens is 260 g/mol. The van der Waals surface area contributed by atoms with Gasteiger partial charge in [0, 0.05) is 6.42 Å². The number of halogens is 1. The third-order valence-corrected chi connectivity index (χ3v) is 2.89. The number of alkyl halides is 1. The Morgan fingerprint density at radius 3 is 2.22 bits per heavy atom. The second-order valence-corrected chi connectivity index (χ2v) is 4.59. The molecule has 2 N–H and O–H groups in total. The summed E-state index contributed by atoms with van der Waals surface area (Å²) < 4.78 is 4.97. The van der Waals surface area contributed by atoms with Gasteiger partial charge in [-0.3, -0.25) is 9.59 Å². The minimum absolute atomic E-state index is 0.0693. The number of ether oxygens (including phenoxy) is 1. The molecule has 0 aliphatic carbocycles. The smallest absolute Gasteiger partial charge is 0.325 e. The summed E-state index contributed by atoms with van der Waals surface area (Å²) >= 11 is 5.87. The van der Waals surface area contributed by atoms with Crippen LogP contribution >= 0.6 is 11.6 Å². The first kappa shape index (κ1) is 14.3. The van der Waals surface area contributed by atoms with Crippen LogP contribution in [0.25, 0.3) is 0 Å². The Kier molecular flexibility index (Phi) is 4.55. The lowest BCUT2D eigenvalue weighted by Gasteiger charge is -2.20. The normalized spacial score (nSPS) is 13.7. The molecule has 0 spiro atoms. The fraction of sp³-hybridized carbons (Fsp3) is 0.333. The zero-order chi connectivity index (χ0) is 13.8. The van der Waals surface area contributed by atoms with E-state index >= 15 is 0 Å². The molecule has 1 unspecified atom stereocenters. The summed E-state index contributed by atoms with van der Waals surface area (Å²) in [5.74, 6) is -1.96. The molecule has 5 nitrogen and oxygen atoms in total. The van der Waals surface area contributed by atoms with E-state index in [9.17, 15) is 9.59 Å². The molecule has 0 saturated carbocycles. The SMILES string of the molecule is COc1ccc(CC(Cl)(CC(=O)O)C(=O)O)cc1. The number of hydrogen-bond acceptors (Lipinski definition) is 3. The van der Waals surface area contributed by atoms with Crippen molar-refractivity contribution in [2.45, 2.75) is 17.7 Å². The molecule has 0 radical (unpaired) electrons. The predicted octanol–water partition coefficient (Wildman–Crippen LogP) is 1.77. The summed E-state index contributed by atoms with van der Waals surface area (Å²) in [5, 5.41) is 17.7. The Morgan fingerprint density at radius 1 is 1.28 bits per heavy atom. The van der Waals surface area contributed by atoms with Crippen LogP contribution in [-0.4, -0.2) is 34.1 Å². The van der Waals surface area contributed by atoms with Crippen molar-refractivity contribution < 1.29 is 24.5 Å². The first-order valence-corrected chi connectivity index (χ1v) is 5.52. The summed E-state index contributed by atoms with van der Waals surface area (Å²) in [4.78, 5) is 19.9. The molecule has 18 heavy (non-hydrogen) atoms. The average Bonchev–Trinajstić information content (AvgIpc) is 2.28. The third kappa shape index (κ3) is 3.63. The highest BCUT2D eigenvalue weighted by Gasteiger charge is 2.38. The lowest BCUT2D eigenvalue weighted by Crippen LogP contribution is -2.37. The molecule has 0 saturated heterocycles. The molecule has 0 heterocycles. The number of hydrogen-bond donors (Lipinski definition) is 2. The van der Waals surface area contributed by atoms with Gasteiger partial charge in [-0.15, -0.1) is 11.6 Å². The van der Waals surface area contributed by atoms with Gasteiger partial charge in [0.25, 0.3) is 0 Å². The Bertz CT molecular complexity index is 442. The van der Waals surface area contributed by atoms with Crippen LogP contribution in [0.5, 0.6) is 5.75 Å². The third-order valence-electron chi connectivity index (χ3n) is 2.46. The Labute approximate surface area is 109 Å². The number of carboxylic acid groups (broad SMARTS) is 2. The van der Waals surface area contributed by atoms with Gasteiger partial charge in [-0.1, -0.05) is 12.1 Å². The summed E-state index contributed by atoms with van der Waals surface area (Å²) in [6.07, 6.45) is -0.712. The number of aliphatic carboxylic acids is 2. The topological polar surface area (TPSA) is 83.8 Å². The second-order valence-electron chi connectivity index (χ2n) is 3.87. The van der Waals surface area contributed by atoms with E-state index in [2.05, 4.69) is 0 Å². The minimum Gasteiger partial charge on any atom is -0.497 e. The van der Waals surface area contributed by atoms with E-state index in [1.165, 1.54) is 7.11 Å². The van der Waals surface area contributed by atoms with Crippen molar-refractivity contribution in [2.75, 3.05) is 7.11 Å². The number of rotatable bonds is 6. The van der Waals surface area contributed by atoms with Gasteiger partial charge in [-0.05, 0) is 17.7 Å². The number of carboxylic acids is 2.